The fourth-order valence-electron chi connectivity index (χ4n) is 0.915. The van der Waals surface area contributed by atoms with Crippen LogP contribution in [0.5, 0.6) is 0 Å². The van der Waals surface area contributed by atoms with E-state index in [1.165, 1.54) is 10.9 Å². The van der Waals surface area contributed by atoms with Gasteiger partial charge in [0.2, 0.25) is 0 Å². The van der Waals surface area contributed by atoms with E-state index in [9.17, 15) is 0 Å². The third kappa shape index (κ3) is 2.09. The van der Waals surface area contributed by atoms with Gasteiger partial charge in [-0.05, 0) is 23.8 Å². The predicted molar refractivity (Wildman–Crippen MR) is 48.5 cm³/mol. The first-order valence-corrected chi connectivity index (χ1v) is 3.95. The molecule has 0 heterocycles. The van der Waals surface area contributed by atoms with Gasteiger partial charge in [-0.1, -0.05) is 24.3 Å². The van der Waals surface area contributed by atoms with Gasteiger partial charge in [-0.3, -0.25) is 0 Å². The first kappa shape index (κ1) is 7.71. The summed E-state index contributed by atoms with van der Waals surface area (Å²) in [5.41, 5.74) is 6.72. The molecule has 0 aromatic heterocycles. The van der Waals surface area contributed by atoms with Crippen molar-refractivity contribution < 1.29 is 0 Å². The number of nitrogens with two attached hydrogens (primary N) is 1. The van der Waals surface area contributed by atoms with Gasteiger partial charge in [0.15, 0.2) is 0 Å². The van der Waals surface area contributed by atoms with Crippen molar-refractivity contribution >= 4 is 14.5 Å². The summed E-state index contributed by atoms with van der Waals surface area (Å²) in [4.78, 5) is 0. The van der Waals surface area contributed by atoms with E-state index >= 15 is 0 Å². The Balaban J connectivity index is 2.75. The van der Waals surface area contributed by atoms with Crippen molar-refractivity contribution in [3.05, 3.63) is 29.8 Å². The molecule has 0 saturated carbocycles. The quantitative estimate of drug-likeness (QED) is 0.621. The van der Waals surface area contributed by atoms with Crippen LogP contribution in [0.3, 0.4) is 0 Å². The van der Waals surface area contributed by atoms with Crippen molar-refractivity contribution in [3.63, 3.8) is 0 Å². The summed E-state index contributed by atoms with van der Waals surface area (Å²) < 4.78 is 0. The fourth-order valence-corrected chi connectivity index (χ4v) is 1.24. The van der Waals surface area contributed by atoms with E-state index < -0.39 is 0 Å². The number of benzene rings is 1. The van der Waals surface area contributed by atoms with Gasteiger partial charge >= 0.3 is 0 Å². The van der Waals surface area contributed by atoms with Gasteiger partial charge in [0.25, 0.3) is 0 Å². The lowest BCUT2D eigenvalue weighted by Crippen LogP contribution is -2.04. The topological polar surface area (TPSA) is 26.0 Å². The van der Waals surface area contributed by atoms with Crippen molar-refractivity contribution in [2.75, 3.05) is 6.54 Å². The minimum atomic E-state index is 0.730. The lowest BCUT2D eigenvalue weighted by Gasteiger charge is -1.97. The Bertz CT molecular complexity index is 210. The second-order valence-electron chi connectivity index (χ2n) is 2.28. The van der Waals surface area contributed by atoms with Crippen LogP contribution in [0.1, 0.15) is 5.56 Å². The van der Waals surface area contributed by atoms with Crippen LogP contribution in [-0.4, -0.2) is 6.54 Å². The smallest absolute Gasteiger partial charge is 0.00367 e. The van der Waals surface area contributed by atoms with Gasteiger partial charge in [-0.15, -0.1) is 9.24 Å². The predicted octanol–water partition coefficient (Wildman–Crippen LogP) is 0.688. The van der Waals surface area contributed by atoms with Gasteiger partial charge in [-0.25, -0.2) is 0 Å². The van der Waals surface area contributed by atoms with E-state index in [2.05, 4.69) is 27.4 Å². The maximum atomic E-state index is 5.40. The van der Waals surface area contributed by atoms with Crippen molar-refractivity contribution in [2.45, 2.75) is 6.42 Å². The standard InChI is InChI=1S/C8H12NP/c9-5-4-7-2-1-3-8(10)6-7/h1-3,6H,4-5,9-10H2. The Labute approximate surface area is 63.8 Å². The lowest BCUT2D eigenvalue weighted by molar-refractivity contribution is 0.970. The summed E-state index contributed by atoms with van der Waals surface area (Å²) in [6.45, 7) is 0.730. The highest BCUT2D eigenvalue weighted by molar-refractivity contribution is 7.27. The zero-order valence-corrected chi connectivity index (χ0v) is 7.03. The fraction of sp³-hybridized carbons (Fsp3) is 0.250. The Kier molecular flexibility index (Phi) is 2.85. The lowest BCUT2D eigenvalue weighted by atomic mass is 10.2. The normalized spacial score (nSPS) is 9.80. The molecule has 0 bridgehead atoms. The Morgan fingerprint density at radius 3 is 2.80 bits per heavy atom. The molecular weight excluding hydrogens is 141 g/mol. The first-order chi connectivity index (χ1) is 4.83. The minimum Gasteiger partial charge on any atom is -0.330 e. The molecular formula is C8H12NP. The molecule has 2 heteroatoms. The van der Waals surface area contributed by atoms with Crippen LogP contribution >= 0.6 is 9.24 Å². The Hall–Kier alpha value is -0.390. The van der Waals surface area contributed by atoms with Crippen LogP contribution < -0.4 is 11.0 Å². The highest BCUT2D eigenvalue weighted by Gasteiger charge is 1.89. The molecule has 1 atom stereocenters. The van der Waals surface area contributed by atoms with E-state index in [0.717, 1.165) is 13.0 Å². The van der Waals surface area contributed by atoms with E-state index in [1.807, 2.05) is 6.07 Å². The molecule has 2 N–H and O–H groups in total. The van der Waals surface area contributed by atoms with Crippen LogP contribution in [0.25, 0.3) is 0 Å². The average Bonchev–Trinajstić information content (AvgIpc) is 1.88. The second kappa shape index (κ2) is 3.70. The van der Waals surface area contributed by atoms with Crippen molar-refractivity contribution in [3.8, 4) is 0 Å². The Morgan fingerprint density at radius 1 is 1.40 bits per heavy atom. The summed E-state index contributed by atoms with van der Waals surface area (Å²) in [6.07, 6.45) is 0.974. The van der Waals surface area contributed by atoms with Crippen LogP contribution in [-0.2, 0) is 6.42 Å². The van der Waals surface area contributed by atoms with Gasteiger partial charge in [0.1, 0.15) is 0 Å². The van der Waals surface area contributed by atoms with Gasteiger partial charge < -0.3 is 5.73 Å². The maximum Gasteiger partial charge on any atom is -0.00367 e. The van der Waals surface area contributed by atoms with E-state index in [4.69, 9.17) is 5.73 Å². The zero-order chi connectivity index (χ0) is 7.40. The molecule has 1 unspecified atom stereocenters. The van der Waals surface area contributed by atoms with Crippen LogP contribution in [0, 0.1) is 0 Å². The molecule has 1 rings (SSSR count). The van der Waals surface area contributed by atoms with Crippen LogP contribution in [0.15, 0.2) is 24.3 Å². The molecule has 10 heavy (non-hydrogen) atoms. The third-order valence-electron chi connectivity index (χ3n) is 1.38. The van der Waals surface area contributed by atoms with Crippen molar-refractivity contribution in [1.82, 2.24) is 0 Å². The molecule has 54 valence electrons. The van der Waals surface area contributed by atoms with Crippen molar-refractivity contribution in [1.29, 1.82) is 0 Å². The molecule has 1 nitrogen and oxygen atoms in total. The summed E-state index contributed by atoms with van der Waals surface area (Å²) in [6, 6.07) is 8.34. The Morgan fingerprint density at radius 2 is 2.20 bits per heavy atom. The average molecular weight is 153 g/mol. The number of hydrogen-bond acceptors (Lipinski definition) is 1. The molecule has 0 aliphatic carbocycles. The molecule has 0 fully saturated rings. The monoisotopic (exact) mass is 153 g/mol. The zero-order valence-electron chi connectivity index (χ0n) is 5.88. The van der Waals surface area contributed by atoms with Crippen molar-refractivity contribution in [2.24, 2.45) is 5.73 Å². The summed E-state index contributed by atoms with van der Waals surface area (Å²) >= 11 is 0. The summed E-state index contributed by atoms with van der Waals surface area (Å²) in [5.74, 6) is 0. The molecule has 0 saturated heterocycles. The summed E-state index contributed by atoms with van der Waals surface area (Å²) in [7, 11) is 2.67. The molecule has 0 amide bonds. The van der Waals surface area contributed by atoms with E-state index in [-0.39, 0.29) is 0 Å². The van der Waals surface area contributed by atoms with E-state index in [0.29, 0.717) is 0 Å². The SMILES string of the molecule is NCCc1cccc(P)c1. The summed E-state index contributed by atoms with van der Waals surface area (Å²) in [5, 5.41) is 1.23. The molecule has 1 aromatic rings. The van der Waals surface area contributed by atoms with Gasteiger partial charge in [0, 0.05) is 0 Å². The first-order valence-electron chi connectivity index (χ1n) is 3.37. The highest BCUT2D eigenvalue weighted by Crippen LogP contribution is 1.98. The van der Waals surface area contributed by atoms with E-state index in [1.54, 1.807) is 0 Å². The highest BCUT2D eigenvalue weighted by atomic mass is 31.0. The van der Waals surface area contributed by atoms with Gasteiger partial charge in [-0.2, -0.15) is 0 Å². The molecule has 0 radical (unpaired) electrons. The third-order valence-corrected chi connectivity index (χ3v) is 1.74. The molecule has 0 spiro atoms. The van der Waals surface area contributed by atoms with Crippen LogP contribution in [0.4, 0.5) is 0 Å². The molecule has 0 aliphatic rings. The molecule has 1 aromatic carbocycles. The minimum absolute atomic E-state index is 0.730. The number of hydrogen-bond donors (Lipinski definition) is 1. The second-order valence-corrected chi connectivity index (χ2v) is 2.95. The largest absolute Gasteiger partial charge is 0.330 e. The van der Waals surface area contributed by atoms with Crippen LogP contribution in [0.2, 0.25) is 0 Å². The maximum absolute atomic E-state index is 5.40. The van der Waals surface area contributed by atoms with Gasteiger partial charge in [0.05, 0.1) is 0 Å². The molecule has 0 aliphatic heterocycles. The number of rotatable bonds is 2.